The monoisotopic (exact) mass is 395 g/mol. The van der Waals surface area contributed by atoms with Gasteiger partial charge in [0.15, 0.2) is 0 Å². The maximum absolute atomic E-state index is 12.6. The molecule has 1 amide bonds. The Labute approximate surface area is 169 Å². The molecule has 0 aromatic carbocycles. The van der Waals surface area contributed by atoms with Crippen molar-refractivity contribution in [3.05, 3.63) is 69.2 Å². The fraction of sp³-hybridized carbons (Fsp3) is 0.381. The molecule has 28 heavy (non-hydrogen) atoms. The van der Waals surface area contributed by atoms with Crippen LogP contribution in [-0.4, -0.2) is 38.8 Å². The first kappa shape index (κ1) is 18.8. The van der Waals surface area contributed by atoms with Gasteiger partial charge in [0.05, 0.1) is 11.3 Å². The van der Waals surface area contributed by atoms with E-state index in [0.717, 1.165) is 49.6 Å². The first-order valence-electron chi connectivity index (χ1n) is 9.74. The minimum Gasteiger partial charge on any atom is -0.352 e. The standard InChI is InChI=1S/C21H25N5OS/c1-2-15-3-4-16(25-11-15)12-26-10-6-17-18(14-28-19(17)13-26)21(27)24-7-5-20-22-8-9-23-20/h3-4,8-9,11,14H,2,5-7,10,12-13H2,1H3,(H,22,23)(H,24,27). The Balaban J connectivity index is 1.33. The van der Waals surface area contributed by atoms with E-state index in [0.29, 0.717) is 13.0 Å². The molecule has 0 saturated heterocycles. The van der Waals surface area contributed by atoms with E-state index in [1.165, 1.54) is 16.0 Å². The van der Waals surface area contributed by atoms with Crippen molar-refractivity contribution in [2.24, 2.45) is 0 Å². The Morgan fingerprint density at radius 3 is 3.04 bits per heavy atom. The van der Waals surface area contributed by atoms with Crippen LogP contribution in [0.4, 0.5) is 0 Å². The SMILES string of the molecule is CCc1ccc(CN2CCc3c(C(=O)NCCc4ncc[nH]4)csc3C2)nc1. The molecule has 0 bridgehead atoms. The van der Waals surface area contributed by atoms with E-state index in [-0.39, 0.29) is 5.91 Å². The number of fused-ring (bicyclic) bond motifs is 1. The number of rotatable bonds is 7. The number of aryl methyl sites for hydroxylation is 1. The van der Waals surface area contributed by atoms with E-state index in [2.05, 4.69) is 44.2 Å². The topological polar surface area (TPSA) is 73.9 Å². The molecule has 146 valence electrons. The largest absolute Gasteiger partial charge is 0.352 e. The van der Waals surface area contributed by atoms with Gasteiger partial charge in [-0.1, -0.05) is 13.0 Å². The molecule has 7 heteroatoms. The molecule has 0 aliphatic carbocycles. The smallest absolute Gasteiger partial charge is 0.252 e. The minimum atomic E-state index is 0.0225. The van der Waals surface area contributed by atoms with Crippen molar-refractivity contribution < 1.29 is 4.79 Å². The van der Waals surface area contributed by atoms with Crippen molar-refractivity contribution in [1.82, 2.24) is 25.2 Å². The molecule has 0 atom stereocenters. The number of amides is 1. The van der Waals surface area contributed by atoms with Gasteiger partial charge in [-0.15, -0.1) is 11.3 Å². The third-order valence-corrected chi connectivity index (χ3v) is 6.17. The Kier molecular flexibility index (Phi) is 5.83. The summed E-state index contributed by atoms with van der Waals surface area (Å²) < 4.78 is 0. The highest BCUT2D eigenvalue weighted by atomic mass is 32.1. The summed E-state index contributed by atoms with van der Waals surface area (Å²) in [6.07, 6.45) is 8.14. The van der Waals surface area contributed by atoms with Crippen LogP contribution in [0.15, 0.2) is 36.1 Å². The fourth-order valence-corrected chi connectivity index (χ4v) is 4.64. The number of carbonyl (C=O) groups is 1. The van der Waals surface area contributed by atoms with Crippen molar-refractivity contribution in [1.29, 1.82) is 0 Å². The second-order valence-electron chi connectivity index (χ2n) is 7.06. The van der Waals surface area contributed by atoms with Crippen molar-refractivity contribution >= 4 is 17.2 Å². The van der Waals surface area contributed by atoms with Gasteiger partial charge < -0.3 is 10.3 Å². The molecule has 0 radical (unpaired) electrons. The molecular formula is C21H25N5OS. The van der Waals surface area contributed by atoms with Crippen LogP contribution in [0.25, 0.3) is 0 Å². The predicted molar refractivity (Wildman–Crippen MR) is 110 cm³/mol. The molecule has 0 fully saturated rings. The fourth-order valence-electron chi connectivity index (χ4n) is 3.52. The second-order valence-corrected chi connectivity index (χ2v) is 8.03. The van der Waals surface area contributed by atoms with E-state index in [1.807, 2.05) is 11.6 Å². The molecule has 4 heterocycles. The first-order valence-corrected chi connectivity index (χ1v) is 10.6. The predicted octanol–water partition coefficient (Wildman–Crippen LogP) is 2.96. The zero-order valence-electron chi connectivity index (χ0n) is 16.1. The lowest BCUT2D eigenvalue weighted by Crippen LogP contribution is -2.31. The van der Waals surface area contributed by atoms with Gasteiger partial charge in [0.2, 0.25) is 0 Å². The summed E-state index contributed by atoms with van der Waals surface area (Å²) >= 11 is 1.69. The minimum absolute atomic E-state index is 0.0225. The summed E-state index contributed by atoms with van der Waals surface area (Å²) in [4.78, 5) is 28.1. The Hall–Kier alpha value is -2.51. The summed E-state index contributed by atoms with van der Waals surface area (Å²) in [6, 6.07) is 4.29. The van der Waals surface area contributed by atoms with Gasteiger partial charge in [-0.25, -0.2) is 4.98 Å². The van der Waals surface area contributed by atoms with Crippen LogP contribution in [0.5, 0.6) is 0 Å². The van der Waals surface area contributed by atoms with Crippen molar-refractivity contribution in [3.63, 3.8) is 0 Å². The zero-order valence-corrected chi connectivity index (χ0v) is 16.9. The van der Waals surface area contributed by atoms with Gasteiger partial charge in [-0.2, -0.15) is 0 Å². The third kappa shape index (κ3) is 4.31. The first-order chi connectivity index (χ1) is 13.7. The van der Waals surface area contributed by atoms with Gasteiger partial charge in [0, 0.05) is 61.4 Å². The number of pyridine rings is 1. The number of H-pyrrole nitrogens is 1. The summed E-state index contributed by atoms with van der Waals surface area (Å²) in [5, 5.41) is 5.02. The lowest BCUT2D eigenvalue weighted by molar-refractivity contribution is 0.0952. The average molecular weight is 396 g/mol. The molecule has 0 saturated carbocycles. The van der Waals surface area contributed by atoms with Crippen molar-refractivity contribution in [2.75, 3.05) is 13.1 Å². The Bertz CT molecular complexity index is 917. The van der Waals surface area contributed by atoms with Gasteiger partial charge in [0.25, 0.3) is 5.91 Å². The van der Waals surface area contributed by atoms with Crippen LogP contribution >= 0.6 is 11.3 Å². The highest BCUT2D eigenvalue weighted by Crippen LogP contribution is 2.29. The number of thiophene rings is 1. The summed E-state index contributed by atoms with van der Waals surface area (Å²) in [7, 11) is 0. The highest BCUT2D eigenvalue weighted by Gasteiger charge is 2.24. The Morgan fingerprint density at radius 2 is 2.29 bits per heavy atom. The normalized spacial score (nSPS) is 14.0. The van der Waals surface area contributed by atoms with Gasteiger partial charge in [0.1, 0.15) is 5.82 Å². The highest BCUT2D eigenvalue weighted by molar-refractivity contribution is 7.10. The molecule has 6 nitrogen and oxygen atoms in total. The molecule has 0 unspecified atom stereocenters. The number of hydrogen-bond donors (Lipinski definition) is 2. The van der Waals surface area contributed by atoms with Crippen molar-refractivity contribution in [3.8, 4) is 0 Å². The molecule has 0 spiro atoms. The van der Waals surface area contributed by atoms with E-state index < -0.39 is 0 Å². The summed E-state index contributed by atoms with van der Waals surface area (Å²) in [6.45, 7) is 5.42. The zero-order chi connectivity index (χ0) is 19.3. The number of carbonyl (C=O) groups excluding carboxylic acids is 1. The molecule has 4 rings (SSSR count). The van der Waals surface area contributed by atoms with E-state index in [1.54, 1.807) is 23.7 Å². The number of hydrogen-bond acceptors (Lipinski definition) is 5. The molecule has 3 aromatic rings. The van der Waals surface area contributed by atoms with Crippen LogP contribution in [0.1, 0.15) is 44.8 Å². The van der Waals surface area contributed by atoms with Crippen molar-refractivity contribution in [2.45, 2.75) is 39.3 Å². The third-order valence-electron chi connectivity index (χ3n) is 5.15. The van der Waals surface area contributed by atoms with E-state index in [9.17, 15) is 4.79 Å². The van der Waals surface area contributed by atoms with Crippen LogP contribution in [0.2, 0.25) is 0 Å². The van der Waals surface area contributed by atoms with Gasteiger partial charge in [-0.3, -0.25) is 14.7 Å². The number of imidazole rings is 1. The molecule has 2 N–H and O–H groups in total. The van der Waals surface area contributed by atoms with E-state index >= 15 is 0 Å². The van der Waals surface area contributed by atoms with Gasteiger partial charge in [-0.05, 0) is 30.0 Å². The summed E-state index contributed by atoms with van der Waals surface area (Å²) in [5.74, 6) is 0.915. The maximum Gasteiger partial charge on any atom is 0.252 e. The number of nitrogens with one attached hydrogen (secondary N) is 2. The van der Waals surface area contributed by atoms with Crippen LogP contribution < -0.4 is 5.32 Å². The Morgan fingerprint density at radius 1 is 1.36 bits per heavy atom. The van der Waals surface area contributed by atoms with E-state index in [4.69, 9.17) is 0 Å². The lowest BCUT2D eigenvalue weighted by Gasteiger charge is -2.27. The second kappa shape index (κ2) is 8.67. The molecule has 1 aliphatic heterocycles. The number of nitrogens with zero attached hydrogens (tertiary/aromatic N) is 3. The van der Waals surface area contributed by atoms with Crippen LogP contribution in [0.3, 0.4) is 0 Å². The lowest BCUT2D eigenvalue weighted by atomic mass is 10.0. The quantitative estimate of drug-likeness (QED) is 0.645. The number of aromatic amines is 1. The van der Waals surface area contributed by atoms with Gasteiger partial charge >= 0.3 is 0 Å². The maximum atomic E-state index is 12.6. The molecule has 1 aliphatic rings. The molecular weight excluding hydrogens is 370 g/mol. The van der Waals surface area contributed by atoms with Crippen LogP contribution in [-0.2, 0) is 32.4 Å². The molecule has 3 aromatic heterocycles. The van der Waals surface area contributed by atoms with Crippen LogP contribution in [0, 0.1) is 0 Å². The summed E-state index contributed by atoms with van der Waals surface area (Å²) in [5.41, 5.74) is 4.43. The average Bonchev–Trinajstić information content (AvgIpc) is 3.38. The number of aromatic nitrogens is 3.